The van der Waals surface area contributed by atoms with Gasteiger partial charge in [0.25, 0.3) is 0 Å². The third-order valence-electron chi connectivity index (χ3n) is 1.19. The molecule has 0 N–H and O–H groups in total. The van der Waals surface area contributed by atoms with Crippen molar-refractivity contribution >= 4 is 18.6 Å². The van der Waals surface area contributed by atoms with Gasteiger partial charge in [-0.3, -0.25) is 0 Å². The van der Waals surface area contributed by atoms with Gasteiger partial charge in [-0.2, -0.15) is 0 Å². The molecular formula is C12H28Cl2N2Ti-2. The van der Waals surface area contributed by atoms with Gasteiger partial charge in [-0.15, -0.1) is 24.2 Å². The fourth-order valence-corrected chi connectivity index (χ4v) is 1.19. The molecule has 0 aromatic carbocycles. The van der Waals surface area contributed by atoms with Gasteiger partial charge in [0.05, 0.1) is 0 Å². The molecule has 0 heterocycles. The van der Waals surface area contributed by atoms with Crippen LogP contribution in [0.15, 0.2) is 0 Å². The summed E-state index contributed by atoms with van der Waals surface area (Å²) in [6, 6.07) is 2.00. The van der Waals surface area contributed by atoms with Crippen molar-refractivity contribution < 1.29 is 17.0 Å². The Bertz CT molecular complexity index is 106. The summed E-state index contributed by atoms with van der Waals surface area (Å²) in [5.74, 6) is 0. The van der Waals surface area contributed by atoms with Gasteiger partial charge in [-0.1, -0.05) is 55.4 Å². The van der Waals surface area contributed by atoms with Crippen LogP contribution in [0.1, 0.15) is 55.4 Å². The molecule has 0 bridgehead atoms. The molecular weight excluding hydrogens is 291 g/mol. The third kappa shape index (κ3) is 46.9. The molecule has 0 fully saturated rings. The van der Waals surface area contributed by atoms with E-state index in [2.05, 4.69) is 66.0 Å². The fourth-order valence-electron chi connectivity index (χ4n) is 1.19. The van der Waals surface area contributed by atoms with Crippen molar-refractivity contribution in [3.05, 3.63) is 10.6 Å². The molecule has 0 aliphatic heterocycles. The average Bonchev–Trinajstić information content (AvgIpc) is 1.99. The van der Waals surface area contributed by atoms with E-state index in [9.17, 15) is 0 Å². The van der Waals surface area contributed by atoms with E-state index in [1.54, 1.807) is 0 Å². The quantitative estimate of drug-likeness (QED) is 0.592. The van der Waals surface area contributed by atoms with E-state index < -0.39 is 17.0 Å². The molecule has 0 saturated carbocycles. The summed E-state index contributed by atoms with van der Waals surface area (Å²) in [5, 5.41) is 8.56. The normalized spacial score (nSPS) is 10.0. The molecule has 0 aromatic rings. The molecule has 0 aliphatic carbocycles. The maximum absolute atomic E-state index is 4.89. The molecule has 0 saturated heterocycles. The summed E-state index contributed by atoms with van der Waals surface area (Å²) >= 11 is -0.556. The Morgan fingerprint density at radius 1 is 0.588 bits per heavy atom. The van der Waals surface area contributed by atoms with Crippen LogP contribution in [0.25, 0.3) is 10.6 Å². The minimum absolute atomic E-state index is 0.500. The third-order valence-corrected chi connectivity index (χ3v) is 1.19. The van der Waals surface area contributed by atoms with Crippen molar-refractivity contribution in [3.8, 4) is 0 Å². The van der Waals surface area contributed by atoms with Gasteiger partial charge in [0.15, 0.2) is 0 Å². The summed E-state index contributed by atoms with van der Waals surface area (Å²) in [6.07, 6.45) is 0. The van der Waals surface area contributed by atoms with Crippen LogP contribution < -0.4 is 0 Å². The van der Waals surface area contributed by atoms with Crippen LogP contribution in [-0.2, 0) is 17.0 Å². The van der Waals surface area contributed by atoms with Crippen LogP contribution in [0.4, 0.5) is 0 Å². The summed E-state index contributed by atoms with van der Waals surface area (Å²) in [4.78, 5) is 0. The van der Waals surface area contributed by atoms with Gasteiger partial charge in [-0.05, 0) is 0 Å². The van der Waals surface area contributed by atoms with Crippen molar-refractivity contribution in [1.29, 1.82) is 0 Å². The maximum atomic E-state index is 4.89. The monoisotopic (exact) mass is 318 g/mol. The Balaban J connectivity index is -0.000000188. The van der Waals surface area contributed by atoms with Crippen molar-refractivity contribution in [2.45, 2.75) is 79.6 Å². The van der Waals surface area contributed by atoms with Crippen LogP contribution in [0, 0.1) is 0 Å². The van der Waals surface area contributed by atoms with E-state index in [1.807, 2.05) is 0 Å². The first kappa shape index (κ1) is 23.3. The molecule has 17 heavy (non-hydrogen) atoms. The zero-order valence-electron chi connectivity index (χ0n) is 12.5. The second-order valence-electron chi connectivity index (χ2n) is 4.74. The number of rotatable bonds is 4. The fraction of sp³-hybridized carbons (Fsp3) is 1.00. The van der Waals surface area contributed by atoms with Gasteiger partial charge in [-0.25, -0.2) is 0 Å². The Labute approximate surface area is 125 Å². The Morgan fingerprint density at radius 3 is 0.706 bits per heavy atom. The van der Waals surface area contributed by atoms with Crippen LogP contribution in [0.3, 0.4) is 0 Å². The van der Waals surface area contributed by atoms with E-state index in [-0.39, 0.29) is 0 Å². The average molecular weight is 319 g/mol. The van der Waals surface area contributed by atoms with Gasteiger partial charge >= 0.3 is 35.6 Å². The van der Waals surface area contributed by atoms with Gasteiger partial charge < -0.3 is 10.6 Å². The van der Waals surface area contributed by atoms with Crippen molar-refractivity contribution in [3.63, 3.8) is 0 Å². The molecule has 0 aliphatic rings. The van der Waals surface area contributed by atoms with Crippen LogP contribution in [0.2, 0.25) is 0 Å². The molecule has 0 rings (SSSR count). The SMILES string of the molecule is CC(C)[N-]C(C)C.CC(C)[N-]C(C)C.[Cl][Ti][Cl]. The Morgan fingerprint density at radius 2 is 0.706 bits per heavy atom. The van der Waals surface area contributed by atoms with E-state index in [0.717, 1.165) is 0 Å². The summed E-state index contributed by atoms with van der Waals surface area (Å²) in [7, 11) is 9.78. The first-order chi connectivity index (χ1) is 7.67. The molecule has 0 radical (unpaired) electrons. The summed E-state index contributed by atoms with van der Waals surface area (Å²) < 4.78 is 0. The zero-order chi connectivity index (χ0) is 14.4. The molecule has 2 nitrogen and oxygen atoms in total. The van der Waals surface area contributed by atoms with Crippen molar-refractivity contribution in [1.82, 2.24) is 0 Å². The van der Waals surface area contributed by atoms with E-state index >= 15 is 0 Å². The number of hydrogen-bond acceptors (Lipinski definition) is 0. The predicted octanol–water partition coefficient (Wildman–Crippen LogP) is 5.73. The van der Waals surface area contributed by atoms with Gasteiger partial charge in [0.2, 0.25) is 0 Å². The number of hydrogen-bond donors (Lipinski definition) is 0. The standard InChI is InChI=1S/2C6H14N.2ClH.Ti/c2*1-5(2)7-6(3)4;;;/h2*5-6H,1-4H3;2*1H;/q2*-1;;;+2/p-2. The summed E-state index contributed by atoms with van der Waals surface area (Å²) in [6.45, 7) is 16.8. The molecule has 106 valence electrons. The second kappa shape index (κ2) is 17.2. The predicted molar refractivity (Wildman–Crippen MR) is 79.0 cm³/mol. The van der Waals surface area contributed by atoms with Crippen LogP contribution in [-0.4, -0.2) is 24.2 Å². The zero-order valence-corrected chi connectivity index (χ0v) is 15.5. The Hall–Kier alpha value is 1.21. The second-order valence-corrected chi connectivity index (χ2v) is 7.32. The van der Waals surface area contributed by atoms with Crippen LogP contribution in [0.5, 0.6) is 0 Å². The topological polar surface area (TPSA) is 28.2 Å². The number of halogens is 2. The van der Waals surface area contributed by atoms with Gasteiger partial charge in [0.1, 0.15) is 0 Å². The van der Waals surface area contributed by atoms with Crippen molar-refractivity contribution in [2.24, 2.45) is 0 Å². The van der Waals surface area contributed by atoms with E-state index in [1.165, 1.54) is 0 Å². The first-order valence-electron chi connectivity index (χ1n) is 6.03. The first-order valence-corrected chi connectivity index (χ1v) is 10.3. The molecule has 0 atom stereocenters. The summed E-state index contributed by atoms with van der Waals surface area (Å²) in [5.41, 5.74) is 0. The number of nitrogens with zero attached hydrogens (tertiary/aromatic N) is 2. The van der Waals surface area contributed by atoms with Gasteiger partial charge in [0, 0.05) is 0 Å². The minimum atomic E-state index is -0.556. The molecule has 0 aromatic heterocycles. The van der Waals surface area contributed by atoms with E-state index in [4.69, 9.17) is 18.6 Å². The van der Waals surface area contributed by atoms with Crippen LogP contribution >= 0.6 is 18.6 Å². The molecule has 0 unspecified atom stereocenters. The van der Waals surface area contributed by atoms with E-state index in [0.29, 0.717) is 24.2 Å². The molecule has 0 spiro atoms. The Kier molecular flexibility index (Phi) is 23.6. The molecule has 0 amide bonds. The molecule has 5 heteroatoms. The van der Waals surface area contributed by atoms with Crippen molar-refractivity contribution in [2.75, 3.05) is 0 Å².